The first-order chi connectivity index (χ1) is 9.75. The van der Waals surface area contributed by atoms with Gasteiger partial charge in [-0.15, -0.1) is 0 Å². The summed E-state index contributed by atoms with van der Waals surface area (Å²) in [4.78, 5) is 16.6. The molecule has 2 aromatic rings. The third-order valence-corrected chi connectivity index (χ3v) is 3.98. The smallest absolute Gasteiger partial charge is 0.256 e. The largest absolute Gasteiger partial charge is 0.385 e. The molecular weight excluding hydrogens is 318 g/mol. The predicted octanol–water partition coefficient (Wildman–Crippen LogP) is 3.45. The number of pyridine rings is 1. The number of fused-ring (bicyclic) bond motifs is 1. The number of amides is 1. The number of carbonyl (C=O) groups is 1. The maximum atomic E-state index is 12.5. The average Bonchev–Trinajstić information content (AvgIpc) is 2.49. The van der Waals surface area contributed by atoms with Crippen LogP contribution < -0.4 is 10.6 Å². The third kappa shape index (κ3) is 2.54. The van der Waals surface area contributed by atoms with Crippen molar-refractivity contribution in [2.75, 3.05) is 17.2 Å². The van der Waals surface area contributed by atoms with Crippen molar-refractivity contribution < 1.29 is 4.79 Å². The first-order valence-corrected chi connectivity index (χ1v) is 7.32. The fourth-order valence-corrected chi connectivity index (χ4v) is 2.74. The molecule has 0 aliphatic carbocycles. The molecule has 102 valence electrons. The van der Waals surface area contributed by atoms with E-state index in [-0.39, 0.29) is 5.91 Å². The number of nitrogens with one attached hydrogen (secondary N) is 2. The summed E-state index contributed by atoms with van der Waals surface area (Å²) >= 11 is 3.33. The number of aromatic nitrogens is 1. The van der Waals surface area contributed by atoms with Crippen molar-refractivity contribution in [1.29, 1.82) is 0 Å². The van der Waals surface area contributed by atoms with E-state index in [1.807, 2.05) is 24.3 Å². The molecule has 0 saturated carbocycles. The van der Waals surface area contributed by atoms with Crippen molar-refractivity contribution in [2.24, 2.45) is 0 Å². The second-order valence-corrected chi connectivity index (χ2v) is 5.41. The Morgan fingerprint density at radius 3 is 3.05 bits per heavy atom. The van der Waals surface area contributed by atoms with Crippen LogP contribution in [0.5, 0.6) is 0 Å². The number of benzene rings is 1. The lowest BCUT2D eigenvalue weighted by Gasteiger charge is -2.20. The van der Waals surface area contributed by atoms with E-state index >= 15 is 0 Å². The molecule has 2 heterocycles. The molecule has 0 bridgehead atoms. The van der Waals surface area contributed by atoms with Gasteiger partial charge >= 0.3 is 0 Å². The number of carbonyl (C=O) groups excluding carboxylic acids is 1. The highest BCUT2D eigenvalue weighted by Crippen LogP contribution is 2.26. The fraction of sp³-hybridized carbons (Fsp3) is 0.200. The first-order valence-electron chi connectivity index (χ1n) is 6.53. The lowest BCUT2D eigenvalue weighted by Crippen LogP contribution is -2.19. The molecule has 1 aromatic carbocycles. The van der Waals surface area contributed by atoms with Gasteiger partial charge < -0.3 is 10.6 Å². The topological polar surface area (TPSA) is 54.0 Å². The maximum Gasteiger partial charge on any atom is 0.256 e. The minimum absolute atomic E-state index is 0.0979. The van der Waals surface area contributed by atoms with Crippen molar-refractivity contribution in [2.45, 2.75) is 12.8 Å². The van der Waals surface area contributed by atoms with E-state index in [9.17, 15) is 4.79 Å². The molecular formula is C15H14BrN3O. The van der Waals surface area contributed by atoms with Crippen molar-refractivity contribution in [3.05, 3.63) is 52.3 Å². The number of nitrogens with zero attached hydrogens (tertiary/aromatic N) is 1. The van der Waals surface area contributed by atoms with Crippen LogP contribution >= 0.6 is 15.9 Å². The van der Waals surface area contributed by atoms with E-state index in [4.69, 9.17) is 0 Å². The van der Waals surface area contributed by atoms with Gasteiger partial charge in [0.25, 0.3) is 5.91 Å². The van der Waals surface area contributed by atoms with E-state index in [0.29, 0.717) is 10.3 Å². The van der Waals surface area contributed by atoms with Crippen molar-refractivity contribution in [3.8, 4) is 0 Å². The SMILES string of the molecule is O=C(Nc1cccnc1Br)c1cccc2c1CCCN2. The second kappa shape index (κ2) is 5.63. The summed E-state index contributed by atoms with van der Waals surface area (Å²) in [6.45, 7) is 0.965. The van der Waals surface area contributed by atoms with E-state index in [2.05, 4.69) is 31.5 Å². The summed E-state index contributed by atoms with van der Waals surface area (Å²) in [5.41, 5.74) is 3.56. The summed E-state index contributed by atoms with van der Waals surface area (Å²) in [7, 11) is 0. The quantitative estimate of drug-likeness (QED) is 0.828. The maximum absolute atomic E-state index is 12.5. The van der Waals surface area contributed by atoms with Crippen LogP contribution in [0.15, 0.2) is 41.1 Å². The predicted molar refractivity (Wildman–Crippen MR) is 83.1 cm³/mol. The molecule has 0 atom stereocenters. The van der Waals surface area contributed by atoms with Crippen LogP contribution in [-0.2, 0) is 6.42 Å². The standard InChI is InChI=1S/C15H14BrN3O/c16-14-13(7-3-9-18-14)19-15(20)11-4-1-6-12-10(11)5-2-8-17-12/h1,3-4,6-7,9,17H,2,5,8H2,(H,19,20). The van der Waals surface area contributed by atoms with Crippen LogP contribution in [0.4, 0.5) is 11.4 Å². The van der Waals surface area contributed by atoms with Gasteiger partial charge in [-0.1, -0.05) is 6.07 Å². The van der Waals surface area contributed by atoms with Gasteiger partial charge in [-0.2, -0.15) is 0 Å². The summed E-state index contributed by atoms with van der Waals surface area (Å²) < 4.78 is 0.635. The van der Waals surface area contributed by atoms with Crippen LogP contribution in [0.2, 0.25) is 0 Å². The van der Waals surface area contributed by atoms with Gasteiger partial charge in [0.05, 0.1) is 5.69 Å². The zero-order chi connectivity index (χ0) is 13.9. The molecule has 1 aliphatic heterocycles. The van der Waals surface area contributed by atoms with E-state index < -0.39 is 0 Å². The van der Waals surface area contributed by atoms with Crippen LogP contribution in [0.1, 0.15) is 22.3 Å². The zero-order valence-corrected chi connectivity index (χ0v) is 12.4. The molecule has 0 saturated heterocycles. The van der Waals surface area contributed by atoms with Gasteiger partial charge in [0.2, 0.25) is 0 Å². The van der Waals surface area contributed by atoms with E-state index in [1.165, 1.54) is 0 Å². The molecule has 3 rings (SSSR count). The normalized spacial score (nSPS) is 13.2. The minimum Gasteiger partial charge on any atom is -0.385 e. The molecule has 1 amide bonds. The Hall–Kier alpha value is -1.88. The highest BCUT2D eigenvalue weighted by Gasteiger charge is 2.17. The first kappa shape index (κ1) is 13.1. The van der Waals surface area contributed by atoms with Crippen molar-refractivity contribution in [1.82, 2.24) is 4.98 Å². The molecule has 0 spiro atoms. The number of hydrogen-bond donors (Lipinski definition) is 2. The number of anilines is 2. The van der Waals surface area contributed by atoms with Gasteiger partial charge in [0.15, 0.2) is 0 Å². The Labute approximate surface area is 125 Å². The summed E-state index contributed by atoms with van der Waals surface area (Å²) in [5.74, 6) is -0.0979. The van der Waals surface area contributed by atoms with Crippen LogP contribution in [0.3, 0.4) is 0 Å². The fourth-order valence-electron chi connectivity index (χ4n) is 2.39. The Morgan fingerprint density at radius 1 is 1.30 bits per heavy atom. The Kier molecular flexibility index (Phi) is 3.69. The highest BCUT2D eigenvalue weighted by atomic mass is 79.9. The molecule has 4 nitrogen and oxygen atoms in total. The number of rotatable bonds is 2. The average molecular weight is 332 g/mol. The molecule has 1 aromatic heterocycles. The monoisotopic (exact) mass is 331 g/mol. The molecule has 0 unspecified atom stereocenters. The van der Waals surface area contributed by atoms with Gasteiger partial charge in [0.1, 0.15) is 4.60 Å². The zero-order valence-electron chi connectivity index (χ0n) is 10.8. The van der Waals surface area contributed by atoms with Gasteiger partial charge in [-0.05, 0) is 58.6 Å². The van der Waals surface area contributed by atoms with E-state index in [1.54, 1.807) is 12.3 Å². The summed E-state index contributed by atoms with van der Waals surface area (Å²) in [5, 5.41) is 6.23. The summed E-state index contributed by atoms with van der Waals surface area (Å²) in [6.07, 6.45) is 3.65. The van der Waals surface area contributed by atoms with E-state index in [0.717, 1.165) is 36.2 Å². The molecule has 2 N–H and O–H groups in total. The molecule has 5 heteroatoms. The minimum atomic E-state index is -0.0979. The molecule has 0 radical (unpaired) electrons. The lowest BCUT2D eigenvalue weighted by molar-refractivity contribution is 0.102. The second-order valence-electron chi connectivity index (χ2n) is 4.66. The van der Waals surface area contributed by atoms with Gasteiger partial charge in [-0.3, -0.25) is 4.79 Å². The Balaban J connectivity index is 1.90. The number of hydrogen-bond acceptors (Lipinski definition) is 3. The van der Waals surface area contributed by atoms with Gasteiger partial charge in [-0.25, -0.2) is 4.98 Å². The van der Waals surface area contributed by atoms with Gasteiger partial charge in [0, 0.05) is 24.0 Å². The van der Waals surface area contributed by atoms with Crippen molar-refractivity contribution in [3.63, 3.8) is 0 Å². The molecule has 20 heavy (non-hydrogen) atoms. The summed E-state index contributed by atoms with van der Waals surface area (Å²) in [6, 6.07) is 9.41. The van der Waals surface area contributed by atoms with Crippen LogP contribution in [0.25, 0.3) is 0 Å². The highest BCUT2D eigenvalue weighted by molar-refractivity contribution is 9.10. The number of halogens is 1. The third-order valence-electron chi connectivity index (χ3n) is 3.35. The van der Waals surface area contributed by atoms with Crippen LogP contribution in [0, 0.1) is 0 Å². The Morgan fingerprint density at radius 2 is 2.20 bits per heavy atom. The Bertz CT molecular complexity index is 657. The lowest BCUT2D eigenvalue weighted by atomic mass is 9.97. The van der Waals surface area contributed by atoms with Crippen LogP contribution in [-0.4, -0.2) is 17.4 Å². The molecule has 0 fully saturated rings. The van der Waals surface area contributed by atoms with Crippen molar-refractivity contribution >= 4 is 33.2 Å². The molecule has 1 aliphatic rings.